The molecule has 0 saturated carbocycles. The number of nitrogens with one attached hydrogen (secondary N) is 1. The molecule has 142 valence electrons. The Morgan fingerprint density at radius 1 is 1.07 bits per heavy atom. The van der Waals surface area contributed by atoms with Crippen LogP contribution in [0.3, 0.4) is 0 Å². The molecule has 0 spiro atoms. The van der Waals surface area contributed by atoms with Gasteiger partial charge in [-0.3, -0.25) is 0 Å². The number of hydrogen-bond donors (Lipinski definition) is 1. The third-order valence-corrected chi connectivity index (χ3v) is 5.95. The maximum Gasteiger partial charge on any atom is 0.336 e. The second-order valence-electron chi connectivity index (χ2n) is 7.23. The van der Waals surface area contributed by atoms with E-state index in [1.54, 1.807) is 6.07 Å². The molecule has 0 fully saturated rings. The molecule has 0 aliphatic carbocycles. The van der Waals surface area contributed by atoms with Crippen LogP contribution in [0.5, 0.6) is 0 Å². The molecule has 2 heterocycles. The molecular formula is C24H22INO2. The van der Waals surface area contributed by atoms with Crippen molar-refractivity contribution in [2.24, 2.45) is 0 Å². The lowest BCUT2D eigenvalue weighted by Crippen LogP contribution is -2.10. The van der Waals surface area contributed by atoms with Crippen LogP contribution in [-0.4, -0.2) is 4.98 Å². The number of H-pyrrole nitrogens is 1. The van der Waals surface area contributed by atoms with Gasteiger partial charge in [0.25, 0.3) is 0 Å². The third kappa shape index (κ3) is 3.53. The summed E-state index contributed by atoms with van der Waals surface area (Å²) in [4.78, 5) is 15.8. The standard InChI is InChI=1S/C24H22INO2/c1-4-16-13-22(27)28-24(17-7-5-14(2)6-8-17)23(16)15(3)21-12-18-11-19(25)9-10-20(18)26-21/h5-13,15,26H,4H2,1-3H3. The zero-order chi connectivity index (χ0) is 19.8. The number of halogens is 1. The van der Waals surface area contributed by atoms with E-state index in [4.69, 9.17) is 4.42 Å². The Bertz CT molecular complexity index is 1200. The van der Waals surface area contributed by atoms with Crippen molar-refractivity contribution in [2.45, 2.75) is 33.1 Å². The first-order chi connectivity index (χ1) is 13.5. The minimum absolute atomic E-state index is 0.0701. The van der Waals surface area contributed by atoms with E-state index in [0.717, 1.165) is 34.3 Å². The van der Waals surface area contributed by atoms with Crippen LogP contribution in [-0.2, 0) is 6.42 Å². The maximum absolute atomic E-state index is 12.2. The van der Waals surface area contributed by atoms with E-state index >= 15 is 0 Å². The summed E-state index contributed by atoms with van der Waals surface area (Å²) in [6, 6.07) is 18.4. The van der Waals surface area contributed by atoms with E-state index in [1.165, 1.54) is 14.5 Å². The number of rotatable bonds is 4. The number of aromatic nitrogens is 1. The zero-order valence-corrected chi connectivity index (χ0v) is 18.3. The van der Waals surface area contributed by atoms with Crippen LogP contribution in [0, 0.1) is 10.5 Å². The van der Waals surface area contributed by atoms with Gasteiger partial charge in [-0.25, -0.2) is 4.79 Å². The van der Waals surface area contributed by atoms with Crippen molar-refractivity contribution >= 4 is 33.5 Å². The number of fused-ring (bicyclic) bond motifs is 1. The average molecular weight is 483 g/mol. The van der Waals surface area contributed by atoms with Crippen LogP contribution in [0.4, 0.5) is 0 Å². The molecule has 0 amide bonds. The SMILES string of the molecule is CCc1cc(=O)oc(-c2ccc(C)cc2)c1C(C)c1cc2cc(I)ccc2[nH]1. The quantitative estimate of drug-likeness (QED) is 0.341. The first-order valence-electron chi connectivity index (χ1n) is 9.48. The van der Waals surface area contributed by atoms with Gasteiger partial charge in [-0.1, -0.05) is 43.7 Å². The molecule has 3 nitrogen and oxygen atoms in total. The molecule has 0 bridgehead atoms. The average Bonchev–Trinajstić information content (AvgIpc) is 3.10. The highest BCUT2D eigenvalue weighted by atomic mass is 127. The third-order valence-electron chi connectivity index (χ3n) is 5.28. The Morgan fingerprint density at radius 2 is 1.82 bits per heavy atom. The summed E-state index contributed by atoms with van der Waals surface area (Å²) in [6.45, 7) is 6.30. The van der Waals surface area contributed by atoms with Crippen molar-refractivity contribution < 1.29 is 4.42 Å². The number of aromatic amines is 1. The molecular weight excluding hydrogens is 461 g/mol. The summed E-state index contributed by atoms with van der Waals surface area (Å²) in [7, 11) is 0. The van der Waals surface area contributed by atoms with Crippen LogP contribution in [0.2, 0.25) is 0 Å². The summed E-state index contributed by atoms with van der Waals surface area (Å²) in [6.07, 6.45) is 0.780. The Morgan fingerprint density at radius 3 is 2.54 bits per heavy atom. The minimum Gasteiger partial charge on any atom is -0.422 e. The Labute approximate surface area is 177 Å². The Hall–Kier alpha value is -2.34. The molecule has 4 aromatic rings. The number of aryl methyl sites for hydroxylation is 2. The van der Waals surface area contributed by atoms with Crippen LogP contribution >= 0.6 is 22.6 Å². The molecule has 2 aromatic carbocycles. The molecule has 1 unspecified atom stereocenters. The largest absolute Gasteiger partial charge is 0.422 e. The van der Waals surface area contributed by atoms with Gasteiger partial charge in [0.15, 0.2) is 0 Å². The fraction of sp³-hybridized carbons (Fsp3) is 0.208. The van der Waals surface area contributed by atoms with Gasteiger partial charge in [0.05, 0.1) is 0 Å². The Balaban J connectivity index is 1.91. The fourth-order valence-electron chi connectivity index (χ4n) is 3.75. The van der Waals surface area contributed by atoms with E-state index in [2.05, 4.69) is 72.6 Å². The molecule has 1 N–H and O–H groups in total. The first-order valence-corrected chi connectivity index (χ1v) is 10.6. The van der Waals surface area contributed by atoms with Crippen LogP contribution in [0.1, 0.15) is 42.1 Å². The van der Waals surface area contributed by atoms with E-state index in [-0.39, 0.29) is 11.5 Å². The lowest BCUT2D eigenvalue weighted by atomic mass is 9.89. The monoisotopic (exact) mass is 483 g/mol. The maximum atomic E-state index is 12.2. The first kappa shape index (κ1) is 19.0. The van der Waals surface area contributed by atoms with Gasteiger partial charge in [-0.05, 0) is 65.8 Å². The second kappa shape index (κ2) is 7.59. The van der Waals surface area contributed by atoms with E-state index < -0.39 is 0 Å². The molecule has 4 rings (SSSR count). The predicted molar refractivity (Wildman–Crippen MR) is 123 cm³/mol. The summed E-state index contributed by atoms with van der Waals surface area (Å²) < 4.78 is 6.95. The smallest absolute Gasteiger partial charge is 0.336 e. The molecule has 2 aromatic heterocycles. The van der Waals surface area contributed by atoms with Crippen LogP contribution < -0.4 is 5.63 Å². The van der Waals surface area contributed by atoms with Crippen molar-refractivity contribution in [3.05, 3.63) is 91.0 Å². The van der Waals surface area contributed by atoms with E-state index in [9.17, 15) is 4.79 Å². The van der Waals surface area contributed by atoms with Gasteiger partial charge in [0, 0.05) is 43.3 Å². The van der Waals surface area contributed by atoms with Crippen molar-refractivity contribution in [2.75, 3.05) is 0 Å². The van der Waals surface area contributed by atoms with Gasteiger partial charge >= 0.3 is 5.63 Å². The number of hydrogen-bond acceptors (Lipinski definition) is 2. The van der Waals surface area contributed by atoms with Gasteiger partial charge in [0.2, 0.25) is 0 Å². The normalized spacial score (nSPS) is 12.4. The molecule has 0 saturated heterocycles. The van der Waals surface area contributed by atoms with Crippen molar-refractivity contribution in [3.63, 3.8) is 0 Å². The van der Waals surface area contributed by atoms with Crippen molar-refractivity contribution in [1.82, 2.24) is 4.98 Å². The highest BCUT2D eigenvalue weighted by Gasteiger charge is 2.22. The van der Waals surface area contributed by atoms with Gasteiger partial charge < -0.3 is 9.40 Å². The summed E-state index contributed by atoms with van der Waals surface area (Å²) >= 11 is 2.33. The Kier molecular flexibility index (Phi) is 5.15. The van der Waals surface area contributed by atoms with Crippen LogP contribution in [0.15, 0.2) is 63.8 Å². The summed E-state index contributed by atoms with van der Waals surface area (Å²) in [5.74, 6) is 0.741. The molecule has 28 heavy (non-hydrogen) atoms. The molecule has 0 aliphatic heterocycles. The van der Waals surface area contributed by atoms with E-state index in [1.807, 2.05) is 24.3 Å². The highest BCUT2D eigenvalue weighted by molar-refractivity contribution is 14.1. The lowest BCUT2D eigenvalue weighted by Gasteiger charge is -2.18. The van der Waals surface area contributed by atoms with Gasteiger partial charge in [-0.15, -0.1) is 0 Å². The van der Waals surface area contributed by atoms with Crippen molar-refractivity contribution in [3.8, 4) is 11.3 Å². The summed E-state index contributed by atoms with van der Waals surface area (Å²) in [5.41, 5.74) is 6.17. The van der Waals surface area contributed by atoms with Crippen LogP contribution in [0.25, 0.3) is 22.2 Å². The molecule has 0 aliphatic rings. The molecule has 1 atom stereocenters. The highest BCUT2D eigenvalue weighted by Crippen LogP contribution is 2.36. The topological polar surface area (TPSA) is 46.0 Å². The van der Waals surface area contributed by atoms with Gasteiger partial charge in [-0.2, -0.15) is 0 Å². The van der Waals surface area contributed by atoms with Gasteiger partial charge in [0.1, 0.15) is 5.76 Å². The number of benzene rings is 2. The molecule has 4 heteroatoms. The van der Waals surface area contributed by atoms with Crippen molar-refractivity contribution in [1.29, 1.82) is 0 Å². The molecule has 0 radical (unpaired) electrons. The van der Waals surface area contributed by atoms with E-state index in [0.29, 0.717) is 5.76 Å². The zero-order valence-electron chi connectivity index (χ0n) is 16.2. The minimum atomic E-state index is -0.297. The second-order valence-corrected chi connectivity index (χ2v) is 8.48. The lowest BCUT2D eigenvalue weighted by molar-refractivity contribution is 0.513. The predicted octanol–water partition coefficient (Wildman–Crippen LogP) is 6.42. The summed E-state index contributed by atoms with van der Waals surface area (Å²) in [5, 5.41) is 1.20. The fourth-order valence-corrected chi connectivity index (χ4v) is 4.27.